The van der Waals surface area contributed by atoms with Crippen LogP contribution in [0.1, 0.15) is 61.8 Å². The van der Waals surface area contributed by atoms with Crippen molar-refractivity contribution in [1.29, 1.82) is 0 Å². The van der Waals surface area contributed by atoms with Gasteiger partial charge in [0, 0.05) is 0 Å². The topological polar surface area (TPSA) is 94.5 Å². The number of hydrogen-bond donors (Lipinski definition) is 1. The van der Waals surface area contributed by atoms with Crippen LogP contribution in [0.25, 0.3) is 0 Å². The molecule has 0 spiro atoms. The normalized spacial score (nSPS) is 30.2. The third kappa shape index (κ3) is 5.33. The molecule has 0 saturated carbocycles. The molecule has 4 unspecified atom stereocenters. The molecule has 0 aromatic carbocycles. The Labute approximate surface area is 161 Å². The van der Waals surface area contributed by atoms with Crippen molar-refractivity contribution in [2.24, 2.45) is 0 Å². The number of nitrogens with zero attached hydrogens (tertiary/aromatic N) is 1. The van der Waals surface area contributed by atoms with E-state index in [-0.39, 0.29) is 13.0 Å². The number of esters is 1. The van der Waals surface area contributed by atoms with Crippen LogP contribution in [0.5, 0.6) is 0 Å². The van der Waals surface area contributed by atoms with Crippen LogP contribution in [0.2, 0.25) is 0 Å². The molecule has 0 aromatic heterocycles. The summed E-state index contributed by atoms with van der Waals surface area (Å²) in [5.74, 6) is -1.32. The van der Waals surface area contributed by atoms with Crippen molar-refractivity contribution in [2.75, 3.05) is 6.61 Å². The standard InChI is InChI=1S/C19H33NO7/c1-17(2,3)24-13(22)9-11-14-15(26-19(7,8)25-14)12(10-21)20(11)16(23)27-18(4,5)6/h11-12,14-15,21H,9-10H2,1-8H3. The molecule has 2 saturated heterocycles. The van der Waals surface area contributed by atoms with Crippen molar-refractivity contribution in [3.63, 3.8) is 0 Å². The maximum absolute atomic E-state index is 12.8. The van der Waals surface area contributed by atoms with E-state index >= 15 is 0 Å². The lowest BCUT2D eigenvalue weighted by atomic mass is 10.1. The van der Waals surface area contributed by atoms with E-state index in [1.54, 1.807) is 55.4 Å². The number of aliphatic hydroxyl groups is 1. The fourth-order valence-corrected chi connectivity index (χ4v) is 3.52. The molecule has 2 aliphatic heterocycles. The molecule has 2 heterocycles. The average Bonchev–Trinajstić information content (AvgIpc) is 2.86. The van der Waals surface area contributed by atoms with Crippen molar-refractivity contribution < 1.29 is 33.6 Å². The lowest BCUT2D eigenvalue weighted by molar-refractivity contribution is -0.173. The predicted octanol–water partition coefficient (Wildman–Crippen LogP) is 2.22. The van der Waals surface area contributed by atoms with E-state index in [2.05, 4.69) is 0 Å². The molecule has 0 radical (unpaired) electrons. The van der Waals surface area contributed by atoms with Crippen LogP contribution < -0.4 is 0 Å². The van der Waals surface area contributed by atoms with E-state index in [9.17, 15) is 14.7 Å². The van der Waals surface area contributed by atoms with Gasteiger partial charge in [-0.15, -0.1) is 0 Å². The summed E-state index contributed by atoms with van der Waals surface area (Å²) in [5.41, 5.74) is -1.36. The minimum absolute atomic E-state index is 0.0758. The van der Waals surface area contributed by atoms with Crippen LogP contribution in [0.3, 0.4) is 0 Å². The fourth-order valence-electron chi connectivity index (χ4n) is 3.52. The number of likely N-dealkylation sites (tertiary alicyclic amines) is 1. The minimum Gasteiger partial charge on any atom is -0.460 e. The van der Waals surface area contributed by atoms with Crippen LogP contribution in [-0.2, 0) is 23.7 Å². The van der Waals surface area contributed by atoms with Crippen LogP contribution >= 0.6 is 0 Å². The van der Waals surface area contributed by atoms with Gasteiger partial charge in [0.25, 0.3) is 0 Å². The summed E-state index contributed by atoms with van der Waals surface area (Å²) in [6.07, 6.45) is -1.80. The molecule has 4 atom stereocenters. The van der Waals surface area contributed by atoms with Crippen molar-refractivity contribution >= 4 is 12.1 Å². The Morgan fingerprint density at radius 3 is 1.89 bits per heavy atom. The van der Waals surface area contributed by atoms with E-state index in [1.165, 1.54) is 4.90 Å². The van der Waals surface area contributed by atoms with Crippen LogP contribution in [0.15, 0.2) is 0 Å². The van der Waals surface area contributed by atoms with Gasteiger partial charge in [-0.3, -0.25) is 9.69 Å². The minimum atomic E-state index is -0.866. The van der Waals surface area contributed by atoms with Gasteiger partial charge in [0.1, 0.15) is 23.4 Å². The van der Waals surface area contributed by atoms with Gasteiger partial charge in [-0.1, -0.05) is 0 Å². The van der Waals surface area contributed by atoms with Crippen molar-refractivity contribution in [3.05, 3.63) is 0 Å². The van der Waals surface area contributed by atoms with Gasteiger partial charge < -0.3 is 24.1 Å². The highest BCUT2D eigenvalue weighted by Crippen LogP contribution is 2.42. The van der Waals surface area contributed by atoms with Gasteiger partial charge in [0.15, 0.2) is 5.79 Å². The number of aliphatic hydroxyl groups excluding tert-OH is 1. The second-order valence-electron chi connectivity index (χ2n) is 9.56. The van der Waals surface area contributed by atoms with Gasteiger partial charge >= 0.3 is 12.1 Å². The third-order valence-electron chi connectivity index (χ3n) is 4.22. The number of amides is 1. The molecule has 156 valence electrons. The molecule has 8 nitrogen and oxygen atoms in total. The van der Waals surface area contributed by atoms with Gasteiger partial charge in [0.05, 0.1) is 25.1 Å². The predicted molar refractivity (Wildman–Crippen MR) is 97.0 cm³/mol. The van der Waals surface area contributed by atoms with E-state index < -0.39 is 53.3 Å². The quantitative estimate of drug-likeness (QED) is 0.742. The maximum atomic E-state index is 12.8. The van der Waals surface area contributed by atoms with Crippen molar-refractivity contribution in [1.82, 2.24) is 4.90 Å². The van der Waals surface area contributed by atoms with Gasteiger partial charge in [-0.05, 0) is 55.4 Å². The fraction of sp³-hybridized carbons (Fsp3) is 0.895. The number of hydrogen-bond acceptors (Lipinski definition) is 7. The molecule has 1 N–H and O–H groups in total. The SMILES string of the molecule is CC(C)(C)OC(=O)CC1C2OC(C)(C)OC2C(CO)N1C(=O)OC(C)(C)C. The van der Waals surface area contributed by atoms with E-state index in [4.69, 9.17) is 18.9 Å². The molecule has 2 aliphatic rings. The maximum Gasteiger partial charge on any atom is 0.411 e. The van der Waals surface area contributed by atoms with Crippen LogP contribution in [0.4, 0.5) is 4.79 Å². The summed E-state index contributed by atoms with van der Waals surface area (Å²) >= 11 is 0. The van der Waals surface area contributed by atoms with Gasteiger partial charge in [-0.2, -0.15) is 0 Å². The summed E-state index contributed by atoms with van der Waals surface area (Å²) in [4.78, 5) is 26.7. The molecule has 0 aromatic rings. The first-order chi connectivity index (χ1) is 12.1. The highest BCUT2D eigenvalue weighted by atomic mass is 16.8. The smallest absolute Gasteiger partial charge is 0.411 e. The Hall–Kier alpha value is -1.38. The lowest BCUT2D eigenvalue weighted by Gasteiger charge is -2.34. The summed E-state index contributed by atoms with van der Waals surface area (Å²) in [6, 6.07) is -1.32. The Bertz CT molecular complexity index is 576. The number of carbonyl (C=O) groups excluding carboxylic acids is 2. The molecule has 27 heavy (non-hydrogen) atoms. The molecule has 1 amide bonds. The molecule has 0 bridgehead atoms. The second kappa shape index (κ2) is 7.22. The first-order valence-corrected chi connectivity index (χ1v) is 9.33. The average molecular weight is 387 g/mol. The zero-order valence-corrected chi connectivity index (χ0v) is 17.6. The largest absolute Gasteiger partial charge is 0.460 e. The molecular weight excluding hydrogens is 354 g/mol. The van der Waals surface area contributed by atoms with Gasteiger partial charge in [0.2, 0.25) is 0 Å². The number of carbonyl (C=O) groups is 2. The molecular formula is C19H33NO7. The van der Waals surface area contributed by atoms with E-state index in [1.807, 2.05) is 0 Å². The molecule has 2 rings (SSSR count). The highest BCUT2D eigenvalue weighted by Gasteiger charge is 2.60. The second-order valence-corrected chi connectivity index (χ2v) is 9.56. The third-order valence-corrected chi connectivity index (χ3v) is 4.22. The molecule has 8 heteroatoms. The lowest BCUT2D eigenvalue weighted by Crippen LogP contribution is -2.50. The van der Waals surface area contributed by atoms with Crippen LogP contribution in [-0.4, -0.2) is 70.0 Å². The van der Waals surface area contributed by atoms with Crippen LogP contribution in [0, 0.1) is 0 Å². The first-order valence-electron chi connectivity index (χ1n) is 9.33. The van der Waals surface area contributed by atoms with Gasteiger partial charge in [-0.25, -0.2) is 4.79 Å². The number of rotatable bonds is 3. The van der Waals surface area contributed by atoms with E-state index in [0.29, 0.717) is 0 Å². The Morgan fingerprint density at radius 2 is 1.44 bits per heavy atom. The Kier molecular flexibility index (Phi) is 5.86. The summed E-state index contributed by atoms with van der Waals surface area (Å²) in [7, 11) is 0. The number of ether oxygens (including phenoxy) is 4. The summed E-state index contributed by atoms with van der Waals surface area (Å²) in [5, 5.41) is 9.94. The number of fused-ring (bicyclic) bond motifs is 1. The summed E-state index contributed by atoms with van der Waals surface area (Å²) < 4.78 is 22.8. The zero-order valence-electron chi connectivity index (χ0n) is 17.6. The van der Waals surface area contributed by atoms with Crippen molar-refractivity contribution in [2.45, 2.75) is 103 Å². The Balaban J connectivity index is 2.30. The zero-order chi connectivity index (χ0) is 20.8. The highest BCUT2D eigenvalue weighted by molar-refractivity contribution is 5.74. The molecule has 2 fully saturated rings. The summed E-state index contributed by atoms with van der Waals surface area (Å²) in [6.45, 7) is 13.8. The Morgan fingerprint density at radius 1 is 0.963 bits per heavy atom. The molecule has 0 aliphatic carbocycles. The first kappa shape index (κ1) is 21.9. The van der Waals surface area contributed by atoms with Crippen molar-refractivity contribution in [3.8, 4) is 0 Å². The monoisotopic (exact) mass is 387 g/mol. The van der Waals surface area contributed by atoms with E-state index in [0.717, 1.165) is 0 Å².